The van der Waals surface area contributed by atoms with E-state index in [2.05, 4.69) is 10.3 Å². The van der Waals surface area contributed by atoms with Gasteiger partial charge in [0.25, 0.3) is 0 Å². The molecule has 2 aromatic rings. The number of halogens is 4. The third-order valence-corrected chi connectivity index (χ3v) is 2.80. The standard InChI is InChI=1S/C13H8ClF3N4/c14-8-3-11(19)12(20-6-8)21-9-2-1-7(5-18)10(4-9)13(15,16)17/h1-4,6H,19H2,(H,20,21). The number of nitrogens with one attached hydrogen (secondary N) is 1. The number of nitrogen functional groups attached to an aromatic ring is 1. The van der Waals surface area contributed by atoms with Crippen LogP contribution >= 0.6 is 11.6 Å². The number of hydrogen-bond donors (Lipinski definition) is 2. The summed E-state index contributed by atoms with van der Waals surface area (Å²) in [6.45, 7) is 0. The zero-order valence-electron chi connectivity index (χ0n) is 10.4. The number of anilines is 3. The third kappa shape index (κ3) is 3.35. The Hall–Kier alpha value is -2.46. The molecule has 4 nitrogen and oxygen atoms in total. The molecule has 0 bridgehead atoms. The summed E-state index contributed by atoms with van der Waals surface area (Å²) in [4.78, 5) is 3.89. The smallest absolute Gasteiger partial charge is 0.396 e. The van der Waals surface area contributed by atoms with Gasteiger partial charge in [-0.1, -0.05) is 11.6 Å². The van der Waals surface area contributed by atoms with Crippen molar-refractivity contribution in [1.82, 2.24) is 4.98 Å². The average molecular weight is 313 g/mol. The van der Waals surface area contributed by atoms with Crippen LogP contribution in [-0.2, 0) is 6.18 Å². The molecule has 0 saturated carbocycles. The number of aromatic nitrogens is 1. The average Bonchev–Trinajstić information content (AvgIpc) is 2.41. The second kappa shape index (κ2) is 5.50. The zero-order valence-corrected chi connectivity index (χ0v) is 11.1. The molecule has 0 amide bonds. The Morgan fingerprint density at radius 2 is 2.00 bits per heavy atom. The van der Waals surface area contributed by atoms with E-state index in [-0.39, 0.29) is 17.2 Å². The summed E-state index contributed by atoms with van der Waals surface area (Å²) in [5.41, 5.74) is 4.49. The summed E-state index contributed by atoms with van der Waals surface area (Å²) < 4.78 is 38.5. The molecule has 8 heteroatoms. The van der Waals surface area contributed by atoms with Crippen LogP contribution in [0.25, 0.3) is 0 Å². The minimum absolute atomic E-state index is 0.114. The van der Waals surface area contributed by atoms with Gasteiger partial charge in [-0.05, 0) is 24.3 Å². The van der Waals surface area contributed by atoms with Crippen molar-refractivity contribution in [2.45, 2.75) is 6.18 Å². The summed E-state index contributed by atoms with van der Waals surface area (Å²) in [7, 11) is 0. The number of pyridine rings is 1. The highest BCUT2D eigenvalue weighted by atomic mass is 35.5. The molecule has 108 valence electrons. The molecule has 0 aliphatic rings. The summed E-state index contributed by atoms with van der Waals surface area (Å²) in [6.07, 6.45) is -3.31. The molecule has 1 aromatic heterocycles. The Labute approximate surface area is 123 Å². The van der Waals surface area contributed by atoms with E-state index in [0.29, 0.717) is 5.02 Å². The van der Waals surface area contributed by atoms with E-state index in [9.17, 15) is 13.2 Å². The fourth-order valence-electron chi connectivity index (χ4n) is 1.65. The lowest BCUT2D eigenvalue weighted by molar-refractivity contribution is -0.137. The Bertz CT molecular complexity index is 722. The summed E-state index contributed by atoms with van der Waals surface area (Å²) in [5, 5.41) is 11.7. The Kier molecular flexibility index (Phi) is 3.91. The van der Waals surface area contributed by atoms with Crippen molar-refractivity contribution in [3.63, 3.8) is 0 Å². The van der Waals surface area contributed by atoms with Crippen molar-refractivity contribution in [2.24, 2.45) is 0 Å². The maximum absolute atomic E-state index is 12.8. The number of alkyl halides is 3. The van der Waals surface area contributed by atoms with Gasteiger partial charge >= 0.3 is 6.18 Å². The molecule has 0 radical (unpaired) electrons. The molecule has 21 heavy (non-hydrogen) atoms. The molecule has 3 N–H and O–H groups in total. The molecule has 0 aliphatic heterocycles. The van der Waals surface area contributed by atoms with Gasteiger partial charge in [-0.2, -0.15) is 18.4 Å². The van der Waals surface area contributed by atoms with Crippen molar-refractivity contribution in [1.29, 1.82) is 5.26 Å². The molecule has 2 rings (SSSR count). The van der Waals surface area contributed by atoms with Crippen molar-refractivity contribution in [3.8, 4) is 6.07 Å². The Morgan fingerprint density at radius 3 is 2.57 bits per heavy atom. The maximum atomic E-state index is 12.8. The van der Waals surface area contributed by atoms with Crippen LogP contribution in [0.4, 0.5) is 30.4 Å². The minimum atomic E-state index is -4.62. The molecule has 0 unspecified atom stereocenters. The van der Waals surface area contributed by atoms with Gasteiger partial charge in [0.2, 0.25) is 0 Å². The molecule has 1 aromatic carbocycles. The number of benzene rings is 1. The lowest BCUT2D eigenvalue weighted by Crippen LogP contribution is -2.09. The van der Waals surface area contributed by atoms with Crippen LogP contribution in [0, 0.1) is 11.3 Å². The molecule has 0 spiro atoms. The first-order valence-corrected chi connectivity index (χ1v) is 5.98. The van der Waals surface area contributed by atoms with Gasteiger partial charge in [0.1, 0.15) is 0 Å². The van der Waals surface area contributed by atoms with E-state index in [1.54, 1.807) is 0 Å². The Balaban J connectivity index is 2.40. The quantitative estimate of drug-likeness (QED) is 0.880. The molecule has 0 saturated heterocycles. The zero-order chi connectivity index (χ0) is 15.6. The maximum Gasteiger partial charge on any atom is 0.417 e. The lowest BCUT2D eigenvalue weighted by atomic mass is 10.1. The van der Waals surface area contributed by atoms with Crippen molar-refractivity contribution < 1.29 is 13.2 Å². The monoisotopic (exact) mass is 312 g/mol. The Morgan fingerprint density at radius 1 is 1.29 bits per heavy atom. The van der Waals surface area contributed by atoms with Gasteiger partial charge in [0.05, 0.1) is 27.9 Å². The minimum Gasteiger partial charge on any atom is -0.396 e. The van der Waals surface area contributed by atoms with Crippen molar-refractivity contribution >= 4 is 28.8 Å². The molecule has 1 heterocycles. The number of nitriles is 1. The van der Waals surface area contributed by atoms with Crippen LogP contribution in [0.2, 0.25) is 5.02 Å². The third-order valence-electron chi connectivity index (χ3n) is 2.59. The number of hydrogen-bond acceptors (Lipinski definition) is 4. The highest BCUT2D eigenvalue weighted by Gasteiger charge is 2.33. The molecule has 0 atom stereocenters. The van der Waals surface area contributed by atoms with Gasteiger partial charge in [0.15, 0.2) is 5.82 Å². The first-order valence-electron chi connectivity index (χ1n) is 5.60. The van der Waals surface area contributed by atoms with Crippen LogP contribution in [-0.4, -0.2) is 4.98 Å². The van der Waals surface area contributed by atoms with Crippen molar-refractivity contribution in [2.75, 3.05) is 11.1 Å². The molecule has 0 fully saturated rings. The van der Waals surface area contributed by atoms with Gasteiger partial charge in [-0.15, -0.1) is 0 Å². The van der Waals surface area contributed by atoms with E-state index in [4.69, 9.17) is 22.6 Å². The first-order chi connectivity index (χ1) is 9.81. The molecular formula is C13H8ClF3N4. The summed E-state index contributed by atoms with van der Waals surface area (Å²) >= 11 is 5.69. The normalized spacial score (nSPS) is 11.0. The van der Waals surface area contributed by atoms with E-state index >= 15 is 0 Å². The van der Waals surface area contributed by atoms with Gasteiger partial charge in [0, 0.05) is 11.9 Å². The van der Waals surface area contributed by atoms with E-state index in [0.717, 1.165) is 12.1 Å². The number of rotatable bonds is 2. The van der Waals surface area contributed by atoms with Crippen LogP contribution < -0.4 is 11.1 Å². The predicted octanol–water partition coefficient (Wildman–Crippen LogP) is 3.95. The largest absolute Gasteiger partial charge is 0.417 e. The molecule has 0 aliphatic carbocycles. The predicted molar refractivity (Wildman–Crippen MR) is 73.1 cm³/mol. The summed E-state index contributed by atoms with van der Waals surface area (Å²) in [5.74, 6) is 0.178. The summed E-state index contributed by atoms with van der Waals surface area (Å²) in [6, 6.07) is 6.17. The van der Waals surface area contributed by atoms with Crippen molar-refractivity contribution in [3.05, 3.63) is 46.6 Å². The fourth-order valence-corrected chi connectivity index (χ4v) is 1.82. The van der Waals surface area contributed by atoms with E-state index < -0.39 is 17.3 Å². The topological polar surface area (TPSA) is 74.7 Å². The lowest BCUT2D eigenvalue weighted by Gasteiger charge is -2.13. The van der Waals surface area contributed by atoms with Gasteiger partial charge in [-0.3, -0.25) is 0 Å². The highest BCUT2D eigenvalue weighted by molar-refractivity contribution is 6.30. The second-order valence-electron chi connectivity index (χ2n) is 4.09. The second-order valence-corrected chi connectivity index (χ2v) is 4.52. The van der Waals surface area contributed by atoms with Crippen LogP contribution in [0.15, 0.2) is 30.5 Å². The number of nitrogens with two attached hydrogens (primary N) is 1. The molecular weight excluding hydrogens is 305 g/mol. The fraction of sp³-hybridized carbons (Fsp3) is 0.0769. The first kappa shape index (κ1) is 14.9. The van der Waals surface area contributed by atoms with Crippen LogP contribution in [0.5, 0.6) is 0 Å². The van der Waals surface area contributed by atoms with Gasteiger partial charge in [-0.25, -0.2) is 4.98 Å². The SMILES string of the molecule is N#Cc1ccc(Nc2ncc(Cl)cc2N)cc1C(F)(F)F. The van der Waals surface area contributed by atoms with Gasteiger partial charge < -0.3 is 11.1 Å². The van der Waals surface area contributed by atoms with E-state index in [1.165, 1.54) is 24.4 Å². The van der Waals surface area contributed by atoms with E-state index in [1.807, 2.05) is 0 Å². The number of nitrogens with zero attached hydrogens (tertiary/aromatic N) is 2. The van der Waals surface area contributed by atoms with Crippen LogP contribution in [0.3, 0.4) is 0 Å². The highest BCUT2D eigenvalue weighted by Crippen LogP contribution is 2.34. The van der Waals surface area contributed by atoms with Crippen LogP contribution in [0.1, 0.15) is 11.1 Å².